The van der Waals surface area contributed by atoms with Gasteiger partial charge in [0.15, 0.2) is 6.10 Å². The molecule has 1 N–H and O–H groups in total. The normalized spacial score (nSPS) is 11.5. The molecular formula is C19H20BrNO4. The van der Waals surface area contributed by atoms with Crippen LogP contribution in [0.1, 0.15) is 29.8 Å². The molecule has 0 aliphatic rings. The molecule has 0 heterocycles. The molecule has 0 saturated heterocycles. The number of carbonyl (C=O) groups excluding carboxylic acids is 2. The molecule has 1 amide bonds. The van der Waals surface area contributed by atoms with Gasteiger partial charge >= 0.3 is 5.97 Å². The quantitative estimate of drug-likeness (QED) is 0.731. The van der Waals surface area contributed by atoms with Crippen molar-refractivity contribution in [1.82, 2.24) is 0 Å². The van der Waals surface area contributed by atoms with Crippen LogP contribution in [-0.2, 0) is 16.0 Å². The van der Waals surface area contributed by atoms with Crippen LogP contribution in [0.15, 0.2) is 46.9 Å². The molecule has 5 nitrogen and oxygen atoms in total. The van der Waals surface area contributed by atoms with E-state index >= 15 is 0 Å². The van der Waals surface area contributed by atoms with Crippen molar-refractivity contribution in [3.63, 3.8) is 0 Å². The molecule has 0 fully saturated rings. The number of halogens is 1. The van der Waals surface area contributed by atoms with Gasteiger partial charge in [-0.05, 0) is 65.2 Å². The van der Waals surface area contributed by atoms with E-state index in [0.29, 0.717) is 21.5 Å². The van der Waals surface area contributed by atoms with Gasteiger partial charge in [-0.1, -0.05) is 19.1 Å². The summed E-state index contributed by atoms with van der Waals surface area (Å²) in [6, 6.07) is 12.4. The Hall–Kier alpha value is -2.34. The Labute approximate surface area is 155 Å². The van der Waals surface area contributed by atoms with E-state index in [-0.39, 0.29) is 5.91 Å². The molecule has 0 saturated carbocycles. The van der Waals surface area contributed by atoms with Gasteiger partial charge < -0.3 is 14.8 Å². The zero-order valence-corrected chi connectivity index (χ0v) is 15.9. The van der Waals surface area contributed by atoms with E-state index in [4.69, 9.17) is 9.47 Å². The molecule has 0 radical (unpaired) electrons. The average Bonchev–Trinajstić information content (AvgIpc) is 2.62. The summed E-state index contributed by atoms with van der Waals surface area (Å²) in [7, 11) is 1.54. The Balaban J connectivity index is 1.97. The molecule has 132 valence electrons. The average molecular weight is 406 g/mol. The Morgan fingerprint density at radius 1 is 1.16 bits per heavy atom. The highest BCUT2D eigenvalue weighted by molar-refractivity contribution is 9.10. The lowest BCUT2D eigenvalue weighted by atomic mass is 10.1. The molecular weight excluding hydrogens is 386 g/mol. The molecule has 6 heteroatoms. The molecule has 0 aromatic heterocycles. The summed E-state index contributed by atoms with van der Waals surface area (Å²) in [4.78, 5) is 24.4. The number of amides is 1. The highest BCUT2D eigenvalue weighted by atomic mass is 79.9. The third-order valence-electron chi connectivity index (χ3n) is 3.67. The minimum absolute atomic E-state index is 0.333. The van der Waals surface area contributed by atoms with Crippen molar-refractivity contribution in [3.05, 3.63) is 58.1 Å². The van der Waals surface area contributed by atoms with Crippen LogP contribution in [0.25, 0.3) is 0 Å². The number of ether oxygens (including phenoxy) is 2. The number of aryl methyl sites for hydroxylation is 1. The lowest BCUT2D eigenvalue weighted by Crippen LogP contribution is -2.30. The van der Waals surface area contributed by atoms with Gasteiger partial charge in [0, 0.05) is 5.69 Å². The zero-order valence-electron chi connectivity index (χ0n) is 14.3. The summed E-state index contributed by atoms with van der Waals surface area (Å²) in [6.07, 6.45) is 0.0128. The lowest BCUT2D eigenvalue weighted by Gasteiger charge is -2.14. The summed E-state index contributed by atoms with van der Waals surface area (Å²) < 4.78 is 11.0. The van der Waals surface area contributed by atoms with E-state index in [0.717, 1.165) is 6.42 Å². The monoisotopic (exact) mass is 405 g/mol. The highest BCUT2D eigenvalue weighted by Gasteiger charge is 2.19. The van der Waals surface area contributed by atoms with Crippen molar-refractivity contribution in [3.8, 4) is 5.75 Å². The van der Waals surface area contributed by atoms with Crippen LogP contribution in [0.4, 0.5) is 5.69 Å². The molecule has 2 aromatic carbocycles. The Kier molecular flexibility index (Phi) is 6.58. The molecule has 1 atom stereocenters. The van der Waals surface area contributed by atoms with Gasteiger partial charge in [0.2, 0.25) is 0 Å². The minimum atomic E-state index is -0.917. The fourth-order valence-electron chi connectivity index (χ4n) is 2.14. The minimum Gasteiger partial charge on any atom is -0.496 e. The number of esters is 1. The Bertz CT molecular complexity index is 759. The summed E-state index contributed by atoms with van der Waals surface area (Å²) >= 11 is 3.31. The number of nitrogens with one attached hydrogen (secondary N) is 1. The molecule has 2 rings (SSSR count). The standard InChI is InChI=1S/C19H20BrNO4/c1-4-13-5-8-15(9-6-13)21-18(22)12(2)25-19(23)14-7-10-17(24-3)16(20)11-14/h5-12H,4H2,1-3H3,(H,21,22). The number of benzene rings is 2. The number of hydrogen-bond acceptors (Lipinski definition) is 4. The lowest BCUT2D eigenvalue weighted by molar-refractivity contribution is -0.123. The molecule has 0 aliphatic carbocycles. The topological polar surface area (TPSA) is 64.6 Å². The van der Waals surface area contributed by atoms with Crippen molar-refractivity contribution < 1.29 is 19.1 Å². The summed E-state index contributed by atoms with van der Waals surface area (Å²) in [5.41, 5.74) is 2.18. The van der Waals surface area contributed by atoms with Crippen molar-refractivity contribution >= 4 is 33.5 Å². The van der Waals surface area contributed by atoms with Crippen LogP contribution in [-0.4, -0.2) is 25.1 Å². The van der Waals surface area contributed by atoms with Crippen LogP contribution in [0, 0.1) is 0 Å². The van der Waals surface area contributed by atoms with Crippen molar-refractivity contribution in [1.29, 1.82) is 0 Å². The van der Waals surface area contributed by atoms with E-state index in [2.05, 4.69) is 28.2 Å². The van der Waals surface area contributed by atoms with Crippen LogP contribution < -0.4 is 10.1 Å². The predicted molar refractivity (Wildman–Crippen MR) is 100 cm³/mol. The van der Waals surface area contributed by atoms with Gasteiger partial charge in [-0.25, -0.2) is 4.79 Å². The Morgan fingerprint density at radius 2 is 1.84 bits per heavy atom. The number of anilines is 1. The van der Waals surface area contributed by atoms with Crippen LogP contribution >= 0.6 is 15.9 Å². The predicted octanol–water partition coefficient (Wildman–Crippen LogP) is 4.20. The summed E-state index contributed by atoms with van der Waals surface area (Å²) in [6.45, 7) is 3.60. The second-order valence-electron chi connectivity index (χ2n) is 5.44. The van der Waals surface area contributed by atoms with Crippen molar-refractivity contribution in [2.24, 2.45) is 0 Å². The van der Waals surface area contributed by atoms with Gasteiger partial charge in [0.25, 0.3) is 5.91 Å². The maximum atomic E-state index is 12.2. The second kappa shape index (κ2) is 8.67. The number of hydrogen-bond donors (Lipinski definition) is 1. The number of carbonyl (C=O) groups is 2. The van der Waals surface area contributed by atoms with E-state index in [1.54, 1.807) is 18.2 Å². The molecule has 2 aromatic rings. The SMILES string of the molecule is CCc1ccc(NC(=O)C(C)OC(=O)c2ccc(OC)c(Br)c2)cc1. The first kappa shape index (κ1) is 19.0. The van der Waals surface area contributed by atoms with Gasteiger partial charge in [0.1, 0.15) is 5.75 Å². The van der Waals surface area contributed by atoms with Gasteiger partial charge in [-0.3, -0.25) is 4.79 Å². The van der Waals surface area contributed by atoms with Gasteiger partial charge in [-0.2, -0.15) is 0 Å². The molecule has 0 spiro atoms. The third kappa shape index (κ3) is 5.06. The fourth-order valence-corrected chi connectivity index (χ4v) is 2.68. The first-order chi connectivity index (χ1) is 11.9. The number of rotatable bonds is 6. The first-order valence-corrected chi connectivity index (χ1v) is 8.68. The zero-order chi connectivity index (χ0) is 18.4. The van der Waals surface area contributed by atoms with Crippen molar-refractivity contribution in [2.45, 2.75) is 26.4 Å². The molecule has 1 unspecified atom stereocenters. The molecule has 0 bridgehead atoms. The van der Waals surface area contributed by atoms with E-state index in [9.17, 15) is 9.59 Å². The Morgan fingerprint density at radius 3 is 2.40 bits per heavy atom. The maximum absolute atomic E-state index is 12.2. The van der Waals surface area contributed by atoms with Crippen LogP contribution in [0.2, 0.25) is 0 Å². The second-order valence-corrected chi connectivity index (χ2v) is 6.29. The van der Waals surface area contributed by atoms with E-state index < -0.39 is 12.1 Å². The maximum Gasteiger partial charge on any atom is 0.338 e. The number of methoxy groups -OCH3 is 1. The summed E-state index contributed by atoms with van der Waals surface area (Å²) in [5, 5.41) is 2.73. The first-order valence-electron chi connectivity index (χ1n) is 7.89. The van der Waals surface area contributed by atoms with Crippen LogP contribution in [0.5, 0.6) is 5.75 Å². The highest BCUT2D eigenvalue weighted by Crippen LogP contribution is 2.26. The van der Waals surface area contributed by atoms with Gasteiger partial charge in [0.05, 0.1) is 17.1 Å². The van der Waals surface area contributed by atoms with Gasteiger partial charge in [-0.15, -0.1) is 0 Å². The largest absolute Gasteiger partial charge is 0.496 e. The summed E-state index contributed by atoms with van der Waals surface area (Å²) in [5.74, 6) is -0.352. The molecule has 25 heavy (non-hydrogen) atoms. The molecule has 0 aliphatic heterocycles. The fraction of sp³-hybridized carbons (Fsp3) is 0.263. The van der Waals surface area contributed by atoms with E-state index in [1.807, 2.05) is 24.3 Å². The third-order valence-corrected chi connectivity index (χ3v) is 4.29. The smallest absolute Gasteiger partial charge is 0.338 e. The van der Waals surface area contributed by atoms with E-state index in [1.165, 1.54) is 19.6 Å². The van der Waals surface area contributed by atoms with Crippen LogP contribution in [0.3, 0.4) is 0 Å². The van der Waals surface area contributed by atoms with Crippen molar-refractivity contribution in [2.75, 3.05) is 12.4 Å².